The topological polar surface area (TPSA) is 51.2 Å². The zero-order valence-electron chi connectivity index (χ0n) is 15.7. The van der Waals surface area contributed by atoms with Gasteiger partial charge >= 0.3 is 12.4 Å². The van der Waals surface area contributed by atoms with Crippen molar-refractivity contribution in [1.29, 1.82) is 0 Å². The summed E-state index contributed by atoms with van der Waals surface area (Å²) in [6.07, 6.45) is -8.29. The van der Waals surface area contributed by atoms with Crippen molar-refractivity contribution in [2.24, 2.45) is 0 Å². The summed E-state index contributed by atoms with van der Waals surface area (Å²) in [6, 6.07) is 3.88. The van der Waals surface area contributed by atoms with E-state index in [2.05, 4.69) is 10.3 Å². The molecule has 1 amide bonds. The first-order valence-electron chi connectivity index (χ1n) is 8.32. The summed E-state index contributed by atoms with van der Waals surface area (Å²) in [4.78, 5) is 16.3. The molecule has 1 aromatic heterocycles. The minimum atomic E-state index is -4.78. The number of aromatic nitrogens is 1. The van der Waals surface area contributed by atoms with Gasteiger partial charge in [-0.05, 0) is 43.7 Å². The Hall–Kier alpha value is -2.62. The van der Waals surface area contributed by atoms with Crippen LogP contribution < -0.4 is 5.32 Å². The zero-order chi connectivity index (χ0) is 22.0. The van der Waals surface area contributed by atoms with E-state index in [1.54, 1.807) is 0 Å². The molecule has 2 rings (SSSR count). The van der Waals surface area contributed by atoms with Gasteiger partial charge in [-0.1, -0.05) is 12.1 Å². The Labute approximate surface area is 162 Å². The summed E-state index contributed by atoms with van der Waals surface area (Å²) in [5.74, 6) is -0.760. The fraction of sp³-hybridized carbons (Fsp3) is 0.368. The maximum atomic E-state index is 13.5. The van der Waals surface area contributed by atoms with E-state index in [4.69, 9.17) is 4.74 Å². The first-order valence-corrected chi connectivity index (χ1v) is 8.32. The van der Waals surface area contributed by atoms with Gasteiger partial charge in [-0.2, -0.15) is 26.3 Å². The third-order valence-electron chi connectivity index (χ3n) is 4.32. The average molecular weight is 420 g/mol. The molecule has 1 heterocycles. The molecular formula is C19H18F6N2O2. The Morgan fingerprint density at radius 3 is 2.07 bits per heavy atom. The number of nitrogens with one attached hydrogen (secondary N) is 1. The smallest absolute Gasteiger partial charge is 0.369 e. The van der Waals surface area contributed by atoms with Crippen LogP contribution in [0.2, 0.25) is 0 Å². The van der Waals surface area contributed by atoms with E-state index in [0.29, 0.717) is 0 Å². The summed E-state index contributed by atoms with van der Waals surface area (Å²) < 4.78 is 83.9. The quantitative estimate of drug-likeness (QED) is 0.711. The molecule has 0 saturated carbocycles. The van der Waals surface area contributed by atoms with Crippen molar-refractivity contribution in [2.75, 3.05) is 7.11 Å². The van der Waals surface area contributed by atoms with Gasteiger partial charge in [0.05, 0.1) is 22.9 Å². The Bertz CT molecular complexity index is 860. The molecular weight excluding hydrogens is 402 g/mol. The maximum Gasteiger partial charge on any atom is 0.418 e. The minimum absolute atomic E-state index is 0.00227. The highest BCUT2D eigenvalue weighted by Gasteiger charge is 2.39. The molecule has 0 spiro atoms. The summed E-state index contributed by atoms with van der Waals surface area (Å²) in [5, 5.41) is 2.40. The van der Waals surface area contributed by atoms with Gasteiger partial charge in [0.25, 0.3) is 5.91 Å². The average Bonchev–Trinajstić information content (AvgIpc) is 2.64. The van der Waals surface area contributed by atoms with Crippen molar-refractivity contribution in [2.45, 2.75) is 37.8 Å². The van der Waals surface area contributed by atoms with Crippen LogP contribution in [-0.2, 0) is 21.9 Å². The second-order valence-corrected chi connectivity index (χ2v) is 6.67. The summed E-state index contributed by atoms with van der Waals surface area (Å²) >= 11 is 0. The first-order chi connectivity index (χ1) is 13.3. The third kappa shape index (κ3) is 5.26. The molecule has 0 aliphatic rings. The molecule has 0 aliphatic carbocycles. The molecule has 1 aromatic carbocycles. The lowest BCUT2D eigenvalue weighted by Gasteiger charge is -2.27. The van der Waals surface area contributed by atoms with Gasteiger partial charge in [0.1, 0.15) is 5.60 Å². The second kappa shape index (κ2) is 8.02. The highest BCUT2D eigenvalue weighted by molar-refractivity contribution is 5.85. The van der Waals surface area contributed by atoms with Gasteiger partial charge in [0, 0.05) is 13.3 Å². The van der Waals surface area contributed by atoms with Gasteiger partial charge in [0.2, 0.25) is 0 Å². The summed E-state index contributed by atoms with van der Waals surface area (Å²) in [5.41, 5.74) is -4.01. The van der Waals surface area contributed by atoms with Gasteiger partial charge in [-0.3, -0.25) is 9.78 Å². The minimum Gasteiger partial charge on any atom is -0.369 e. The predicted octanol–water partition coefficient (Wildman–Crippen LogP) is 4.75. The summed E-state index contributed by atoms with van der Waals surface area (Å²) in [7, 11) is 1.24. The molecule has 4 nitrogen and oxygen atoms in total. The lowest BCUT2D eigenvalue weighted by molar-refractivity contribution is -0.142. The van der Waals surface area contributed by atoms with Crippen molar-refractivity contribution >= 4 is 5.91 Å². The van der Waals surface area contributed by atoms with E-state index < -0.39 is 46.7 Å². The van der Waals surface area contributed by atoms with E-state index in [-0.39, 0.29) is 5.56 Å². The molecule has 0 radical (unpaired) electrons. The van der Waals surface area contributed by atoms with E-state index in [1.165, 1.54) is 21.0 Å². The van der Waals surface area contributed by atoms with Crippen molar-refractivity contribution < 1.29 is 35.9 Å². The Morgan fingerprint density at radius 1 is 1.00 bits per heavy atom. The number of pyridine rings is 1. The molecule has 158 valence electrons. The first kappa shape index (κ1) is 22.7. The number of ether oxygens (including phenoxy) is 1. The van der Waals surface area contributed by atoms with Crippen LogP contribution in [0.5, 0.6) is 0 Å². The highest BCUT2D eigenvalue weighted by atomic mass is 19.4. The number of rotatable bonds is 5. The normalized spacial score (nSPS) is 13.8. The van der Waals surface area contributed by atoms with E-state index in [9.17, 15) is 31.1 Å². The van der Waals surface area contributed by atoms with Crippen molar-refractivity contribution in [3.63, 3.8) is 0 Å². The molecule has 1 unspecified atom stereocenters. The molecule has 29 heavy (non-hydrogen) atoms. The lowest BCUT2D eigenvalue weighted by atomic mass is 9.96. The Balaban J connectivity index is 2.58. The van der Waals surface area contributed by atoms with Crippen molar-refractivity contribution in [3.05, 3.63) is 65.0 Å². The Morgan fingerprint density at radius 2 is 1.59 bits per heavy atom. The number of benzene rings is 1. The number of halogens is 6. The zero-order valence-corrected chi connectivity index (χ0v) is 15.7. The molecule has 0 bridgehead atoms. The number of methoxy groups -OCH3 is 1. The Kier molecular flexibility index (Phi) is 6.27. The van der Waals surface area contributed by atoms with Crippen LogP contribution in [0.4, 0.5) is 26.3 Å². The monoisotopic (exact) mass is 420 g/mol. The van der Waals surface area contributed by atoms with E-state index in [1.807, 2.05) is 0 Å². The second-order valence-electron chi connectivity index (χ2n) is 6.67. The standard InChI is InChI=1S/C19H18F6N2O2/c1-17(2,29-3)16(28)27-14(11-6-8-12(9-7-11)18(20,21)22)15-13(19(23,24)25)5-4-10-26-15/h4-10,14H,1-3H3,(H,27,28). The van der Waals surface area contributed by atoms with Crippen LogP contribution >= 0.6 is 0 Å². The van der Waals surface area contributed by atoms with E-state index in [0.717, 1.165) is 42.6 Å². The van der Waals surface area contributed by atoms with Crippen LogP contribution in [0, 0.1) is 0 Å². The number of carbonyl (C=O) groups excluding carboxylic acids is 1. The third-order valence-corrected chi connectivity index (χ3v) is 4.32. The largest absolute Gasteiger partial charge is 0.418 e. The number of carbonyl (C=O) groups is 1. The van der Waals surface area contributed by atoms with Gasteiger partial charge in [-0.25, -0.2) is 0 Å². The van der Waals surface area contributed by atoms with Crippen LogP contribution in [0.1, 0.15) is 42.3 Å². The molecule has 0 saturated heterocycles. The molecule has 1 atom stereocenters. The van der Waals surface area contributed by atoms with E-state index >= 15 is 0 Å². The van der Waals surface area contributed by atoms with Crippen molar-refractivity contribution in [3.8, 4) is 0 Å². The number of alkyl halides is 6. The number of hydrogen-bond acceptors (Lipinski definition) is 3. The van der Waals surface area contributed by atoms with Crippen LogP contribution in [0.15, 0.2) is 42.6 Å². The molecule has 1 N–H and O–H groups in total. The van der Waals surface area contributed by atoms with Gasteiger partial charge in [0.15, 0.2) is 0 Å². The molecule has 2 aromatic rings. The van der Waals surface area contributed by atoms with Crippen molar-refractivity contribution in [1.82, 2.24) is 10.3 Å². The van der Waals surface area contributed by atoms with Gasteiger partial charge < -0.3 is 10.1 Å². The van der Waals surface area contributed by atoms with Gasteiger partial charge in [-0.15, -0.1) is 0 Å². The van der Waals surface area contributed by atoms with Crippen LogP contribution in [-0.4, -0.2) is 23.6 Å². The fourth-order valence-electron chi connectivity index (χ4n) is 2.46. The maximum absolute atomic E-state index is 13.5. The highest BCUT2D eigenvalue weighted by Crippen LogP contribution is 2.36. The number of nitrogens with zero attached hydrogens (tertiary/aromatic N) is 1. The fourth-order valence-corrected chi connectivity index (χ4v) is 2.46. The SMILES string of the molecule is COC(C)(C)C(=O)NC(c1ccc(C(F)(F)F)cc1)c1ncccc1C(F)(F)F. The molecule has 0 aliphatic heterocycles. The van der Waals surface area contributed by atoms with Crippen LogP contribution in [0.3, 0.4) is 0 Å². The predicted molar refractivity (Wildman–Crippen MR) is 91.8 cm³/mol. The molecule has 10 heteroatoms. The summed E-state index contributed by atoms with van der Waals surface area (Å²) in [6.45, 7) is 2.80. The lowest BCUT2D eigenvalue weighted by Crippen LogP contribution is -2.45. The number of amides is 1. The molecule has 0 fully saturated rings. The van der Waals surface area contributed by atoms with Crippen LogP contribution in [0.25, 0.3) is 0 Å². The number of hydrogen-bond donors (Lipinski definition) is 1.